The fourth-order valence-corrected chi connectivity index (χ4v) is 7.31. The second-order valence-electron chi connectivity index (χ2n) is 13.0. The molecule has 1 aliphatic carbocycles. The topological polar surface area (TPSA) is 44.2 Å². The van der Waals surface area contributed by atoms with Gasteiger partial charge in [0, 0.05) is 28.0 Å². The van der Waals surface area contributed by atoms with Gasteiger partial charge in [0.1, 0.15) is 0 Å². The van der Waals surface area contributed by atoms with Crippen molar-refractivity contribution in [2.45, 2.75) is 25.2 Å². The molecule has 0 bridgehead atoms. The van der Waals surface area contributed by atoms with Gasteiger partial charge in [-0.3, -0.25) is 0 Å². The van der Waals surface area contributed by atoms with Gasteiger partial charge < -0.3 is 9.47 Å². The Morgan fingerprint density at radius 3 is 1.56 bits per heavy atom. The molecule has 0 saturated heterocycles. The van der Waals surface area contributed by atoms with E-state index in [1.807, 2.05) is 66.7 Å². The first kappa shape index (κ1) is 28.2. The zero-order valence-electron chi connectivity index (χ0n) is 26.7. The lowest BCUT2D eigenvalue weighted by Crippen LogP contribution is -2.29. The van der Waals surface area contributed by atoms with Crippen LogP contribution in [0.2, 0.25) is 0 Å². The minimum absolute atomic E-state index is 0.0811. The van der Waals surface area contributed by atoms with Crippen molar-refractivity contribution in [1.29, 1.82) is 0 Å². The molecule has 6 aromatic carbocycles. The van der Waals surface area contributed by atoms with Gasteiger partial charge in [-0.2, -0.15) is 0 Å². The Bertz CT molecular complexity index is 2220. The maximum Gasteiger partial charge on any atom is 0.170 e. The number of fused-ring (bicyclic) bond motifs is 4. The molecule has 0 saturated carbocycles. The number of nitrogens with zero attached hydrogens (tertiary/aromatic N) is 2. The molecule has 0 spiro atoms. The van der Waals surface area contributed by atoms with Crippen molar-refractivity contribution in [2.75, 3.05) is 0 Å². The summed E-state index contributed by atoms with van der Waals surface area (Å²) in [5, 5.41) is 0. The molecule has 48 heavy (non-hydrogen) atoms. The maximum absolute atomic E-state index is 6.64. The third-order valence-electron chi connectivity index (χ3n) is 9.70. The van der Waals surface area contributed by atoms with Gasteiger partial charge in [0.25, 0.3) is 0 Å². The number of hydrogen-bond acceptors (Lipinski definition) is 4. The third-order valence-corrected chi connectivity index (χ3v) is 9.70. The van der Waals surface area contributed by atoms with E-state index < -0.39 is 0 Å². The van der Waals surface area contributed by atoms with E-state index in [0.29, 0.717) is 28.8 Å². The smallest absolute Gasteiger partial charge is 0.170 e. The van der Waals surface area contributed by atoms with Crippen molar-refractivity contribution >= 4 is 0 Å². The number of aromatic nitrogens is 2. The first-order chi connectivity index (χ1) is 23.5. The van der Waals surface area contributed by atoms with Crippen LogP contribution in [0, 0.1) is 0 Å². The highest BCUT2D eigenvalue weighted by molar-refractivity contribution is 5.73. The van der Waals surface area contributed by atoms with E-state index in [-0.39, 0.29) is 11.3 Å². The van der Waals surface area contributed by atoms with Crippen LogP contribution < -0.4 is 9.47 Å². The van der Waals surface area contributed by atoms with E-state index in [9.17, 15) is 0 Å². The largest absolute Gasteiger partial charge is 0.450 e. The number of rotatable bonds is 4. The summed E-state index contributed by atoms with van der Waals surface area (Å²) < 4.78 is 13.0. The summed E-state index contributed by atoms with van der Waals surface area (Å²) in [5.74, 6) is 3.40. The van der Waals surface area contributed by atoms with Crippen LogP contribution in [0.5, 0.6) is 23.0 Å². The Morgan fingerprint density at radius 2 is 0.958 bits per heavy atom. The quantitative estimate of drug-likeness (QED) is 0.196. The molecule has 7 aromatic rings. The van der Waals surface area contributed by atoms with Gasteiger partial charge in [-0.1, -0.05) is 129 Å². The van der Waals surface area contributed by atoms with Crippen molar-refractivity contribution in [3.05, 3.63) is 179 Å². The SMILES string of the molecule is CC1(C)c2ccccc2C(c2ccc3c(c2)Oc2cc(-c4nc(-c5ccccc5)cc(-c5ccccc5)n4)ccc2O3)c2ccccc21. The van der Waals surface area contributed by atoms with Crippen molar-refractivity contribution in [3.63, 3.8) is 0 Å². The van der Waals surface area contributed by atoms with Gasteiger partial charge in [0.15, 0.2) is 28.8 Å². The first-order valence-electron chi connectivity index (χ1n) is 16.4. The summed E-state index contributed by atoms with van der Waals surface area (Å²) in [4.78, 5) is 10.0. The highest BCUT2D eigenvalue weighted by Crippen LogP contribution is 2.52. The van der Waals surface area contributed by atoms with Crippen LogP contribution in [0.1, 0.15) is 47.6 Å². The van der Waals surface area contributed by atoms with Crippen LogP contribution in [0.4, 0.5) is 0 Å². The highest BCUT2D eigenvalue weighted by atomic mass is 16.6. The van der Waals surface area contributed by atoms with Crippen LogP contribution in [-0.2, 0) is 5.41 Å². The molecule has 0 unspecified atom stereocenters. The molecular formula is C44H32N2O2. The van der Waals surface area contributed by atoms with E-state index >= 15 is 0 Å². The lowest BCUT2D eigenvalue weighted by Gasteiger charge is -2.39. The normalized spacial score (nSPS) is 14.0. The zero-order valence-corrected chi connectivity index (χ0v) is 26.7. The summed E-state index contributed by atoms with van der Waals surface area (Å²) in [5.41, 5.74) is 11.1. The maximum atomic E-state index is 6.64. The Balaban J connectivity index is 1.11. The third kappa shape index (κ3) is 4.68. The van der Waals surface area contributed by atoms with Crippen molar-refractivity contribution < 1.29 is 9.47 Å². The molecule has 0 fully saturated rings. The molecule has 0 radical (unpaired) electrons. The van der Waals surface area contributed by atoms with Crippen LogP contribution in [0.15, 0.2) is 152 Å². The lowest BCUT2D eigenvalue weighted by atomic mass is 9.64. The Kier molecular flexibility index (Phi) is 6.51. The summed E-state index contributed by atoms with van der Waals surface area (Å²) in [6, 6.07) is 52.4. The standard InChI is InChI=1S/C44H32N2O2/c1-44(2)34-19-11-9-17-32(34)42(33-18-10-12-20-35(33)44)30-21-23-38-40(25-30)48-41-26-31(22-24-39(41)47-38)43-45-36(28-13-5-3-6-14-28)27-37(46-43)29-15-7-4-8-16-29/h3-27,42H,1-2H3. The number of benzene rings is 6. The van der Waals surface area contributed by atoms with E-state index in [1.54, 1.807) is 0 Å². The van der Waals surface area contributed by atoms with Gasteiger partial charge in [-0.25, -0.2) is 9.97 Å². The van der Waals surface area contributed by atoms with Crippen molar-refractivity contribution in [2.24, 2.45) is 0 Å². The second-order valence-corrected chi connectivity index (χ2v) is 13.0. The zero-order chi connectivity index (χ0) is 32.2. The molecule has 2 heterocycles. The molecule has 1 aliphatic heterocycles. The summed E-state index contributed by atoms with van der Waals surface area (Å²) in [6.45, 7) is 4.64. The van der Waals surface area contributed by atoms with Gasteiger partial charge in [-0.05, 0) is 64.2 Å². The summed E-state index contributed by atoms with van der Waals surface area (Å²) >= 11 is 0. The number of hydrogen-bond donors (Lipinski definition) is 0. The van der Waals surface area contributed by atoms with Crippen LogP contribution >= 0.6 is 0 Å². The van der Waals surface area contributed by atoms with Crippen molar-refractivity contribution in [1.82, 2.24) is 9.97 Å². The van der Waals surface area contributed by atoms with Crippen LogP contribution in [-0.4, -0.2) is 9.97 Å². The predicted octanol–water partition coefficient (Wildman–Crippen LogP) is 11.2. The van der Waals surface area contributed by atoms with Crippen LogP contribution in [0.25, 0.3) is 33.9 Å². The van der Waals surface area contributed by atoms with E-state index in [2.05, 4.69) is 98.8 Å². The summed E-state index contributed by atoms with van der Waals surface area (Å²) in [7, 11) is 0. The van der Waals surface area contributed by atoms with Crippen LogP contribution in [0.3, 0.4) is 0 Å². The molecule has 0 amide bonds. The molecular weight excluding hydrogens is 588 g/mol. The fourth-order valence-electron chi connectivity index (χ4n) is 7.31. The molecule has 4 heteroatoms. The average Bonchev–Trinajstić information content (AvgIpc) is 3.14. The molecule has 230 valence electrons. The second kappa shape index (κ2) is 11.1. The molecule has 0 N–H and O–H groups in total. The number of ether oxygens (including phenoxy) is 2. The van der Waals surface area contributed by atoms with E-state index in [4.69, 9.17) is 19.4 Å². The van der Waals surface area contributed by atoms with Gasteiger partial charge in [0.05, 0.1) is 11.4 Å². The highest BCUT2D eigenvalue weighted by Gasteiger charge is 2.38. The van der Waals surface area contributed by atoms with Gasteiger partial charge >= 0.3 is 0 Å². The van der Waals surface area contributed by atoms with E-state index in [1.165, 1.54) is 27.8 Å². The molecule has 0 atom stereocenters. The van der Waals surface area contributed by atoms with E-state index in [0.717, 1.165) is 28.1 Å². The lowest BCUT2D eigenvalue weighted by molar-refractivity contribution is 0.359. The average molecular weight is 621 g/mol. The van der Waals surface area contributed by atoms with Gasteiger partial charge in [-0.15, -0.1) is 0 Å². The first-order valence-corrected chi connectivity index (χ1v) is 16.4. The fraction of sp³-hybridized carbons (Fsp3) is 0.0909. The molecule has 1 aromatic heterocycles. The van der Waals surface area contributed by atoms with Gasteiger partial charge in [0.2, 0.25) is 0 Å². The Hall–Kier alpha value is -6.00. The van der Waals surface area contributed by atoms with Crippen molar-refractivity contribution in [3.8, 4) is 56.9 Å². The predicted molar refractivity (Wildman–Crippen MR) is 191 cm³/mol. The Labute approximate surface area is 280 Å². The molecule has 2 aliphatic rings. The minimum Gasteiger partial charge on any atom is -0.450 e. The molecule has 9 rings (SSSR count). The summed E-state index contributed by atoms with van der Waals surface area (Å²) in [6.07, 6.45) is 0. The Morgan fingerprint density at radius 1 is 0.458 bits per heavy atom. The minimum atomic E-state index is -0.0902. The molecule has 4 nitrogen and oxygen atoms in total. The monoisotopic (exact) mass is 620 g/mol.